The average molecular weight is 274 g/mol. The van der Waals surface area contributed by atoms with E-state index in [4.69, 9.17) is 6.42 Å². The first-order chi connectivity index (χ1) is 9.36. The van der Waals surface area contributed by atoms with E-state index in [0.717, 1.165) is 19.6 Å². The fourth-order valence-electron chi connectivity index (χ4n) is 3.33. The third-order valence-electron chi connectivity index (χ3n) is 4.39. The molecule has 0 amide bonds. The molecule has 2 nitrogen and oxygen atoms in total. The first kappa shape index (κ1) is 13.2. The first-order valence-electron chi connectivity index (χ1n) is 7.35. The minimum absolute atomic E-state index is 0.596. The molecule has 2 aliphatic rings. The van der Waals surface area contributed by atoms with Gasteiger partial charge in [0.2, 0.25) is 0 Å². The largest absolute Gasteiger partial charge is 0.307 e. The highest BCUT2D eigenvalue weighted by Crippen LogP contribution is 2.34. The van der Waals surface area contributed by atoms with Crippen molar-refractivity contribution in [3.05, 3.63) is 21.9 Å². The molecular formula is C16H22N2S. The Kier molecular flexibility index (Phi) is 4.22. The van der Waals surface area contributed by atoms with Crippen LogP contribution in [-0.2, 0) is 6.42 Å². The molecule has 0 radical (unpaired) electrons. The SMILES string of the molecule is C#CCN1CCC(NC2CCCc3sccc32)CC1. The first-order valence-corrected chi connectivity index (χ1v) is 8.23. The quantitative estimate of drug-likeness (QED) is 0.853. The van der Waals surface area contributed by atoms with Crippen LogP contribution in [0.5, 0.6) is 0 Å². The molecule has 1 N–H and O–H groups in total. The summed E-state index contributed by atoms with van der Waals surface area (Å²) < 4.78 is 0. The maximum absolute atomic E-state index is 5.38. The van der Waals surface area contributed by atoms with Crippen molar-refractivity contribution in [2.45, 2.75) is 44.2 Å². The fourth-order valence-corrected chi connectivity index (χ4v) is 4.32. The van der Waals surface area contributed by atoms with E-state index in [0.29, 0.717) is 12.1 Å². The molecule has 1 aliphatic carbocycles. The molecule has 0 bridgehead atoms. The molecule has 3 heteroatoms. The van der Waals surface area contributed by atoms with Crippen LogP contribution in [0.3, 0.4) is 0 Å². The van der Waals surface area contributed by atoms with Gasteiger partial charge in [0.05, 0.1) is 6.54 Å². The lowest BCUT2D eigenvalue weighted by atomic mass is 9.92. The van der Waals surface area contributed by atoms with Gasteiger partial charge in [-0.05, 0) is 49.1 Å². The predicted molar refractivity (Wildman–Crippen MR) is 81.4 cm³/mol. The van der Waals surface area contributed by atoms with Crippen molar-refractivity contribution in [2.24, 2.45) is 0 Å². The monoisotopic (exact) mass is 274 g/mol. The van der Waals surface area contributed by atoms with Gasteiger partial charge in [-0.15, -0.1) is 17.8 Å². The summed E-state index contributed by atoms with van der Waals surface area (Å²) in [6.45, 7) is 3.10. The van der Waals surface area contributed by atoms with Crippen LogP contribution in [0.2, 0.25) is 0 Å². The Bertz CT molecular complexity index is 452. The Balaban J connectivity index is 1.55. The topological polar surface area (TPSA) is 15.3 Å². The van der Waals surface area contributed by atoms with Crippen molar-refractivity contribution in [1.82, 2.24) is 10.2 Å². The van der Waals surface area contributed by atoms with Gasteiger partial charge in [0.1, 0.15) is 0 Å². The molecule has 1 aliphatic heterocycles. The molecule has 1 unspecified atom stereocenters. The number of rotatable bonds is 3. The summed E-state index contributed by atoms with van der Waals surface area (Å²) in [5, 5.41) is 6.14. The van der Waals surface area contributed by atoms with E-state index < -0.39 is 0 Å². The third-order valence-corrected chi connectivity index (χ3v) is 5.39. The van der Waals surface area contributed by atoms with Crippen LogP contribution in [0.1, 0.15) is 42.2 Å². The Morgan fingerprint density at radius 1 is 1.37 bits per heavy atom. The second kappa shape index (κ2) is 6.09. The molecule has 2 heterocycles. The van der Waals surface area contributed by atoms with Gasteiger partial charge in [0.15, 0.2) is 0 Å². The van der Waals surface area contributed by atoms with Crippen molar-refractivity contribution in [3.63, 3.8) is 0 Å². The van der Waals surface area contributed by atoms with Crippen molar-refractivity contribution in [3.8, 4) is 12.3 Å². The van der Waals surface area contributed by atoms with E-state index in [9.17, 15) is 0 Å². The van der Waals surface area contributed by atoms with Gasteiger partial charge in [0, 0.05) is 30.1 Å². The number of thiophene rings is 1. The van der Waals surface area contributed by atoms with Crippen LogP contribution in [0, 0.1) is 12.3 Å². The van der Waals surface area contributed by atoms with E-state index in [-0.39, 0.29) is 0 Å². The molecule has 1 fully saturated rings. The molecule has 102 valence electrons. The lowest BCUT2D eigenvalue weighted by molar-refractivity contribution is 0.206. The zero-order valence-corrected chi connectivity index (χ0v) is 12.2. The van der Waals surface area contributed by atoms with Crippen molar-refractivity contribution < 1.29 is 0 Å². The van der Waals surface area contributed by atoms with Crippen molar-refractivity contribution >= 4 is 11.3 Å². The van der Waals surface area contributed by atoms with Gasteiger partial charge in [-0.2, -0.15) is 0 Å². The van der Waals surface area contributed by atoms with Gasteiger partial charge in [-0.3, -0.25) is 4.90 Å². The lowest BCUT2D eigenvalue weighted by Crippen LogP contribution is -2.44. The summed E-state index contributed by atoms with van der Waals surface area (Å²) >= 11 is 1.93. The van der Waals surface area contributed by atoms with Crippen LogP contribution < -0.4 is 5.32 Å². The predicted octanol–water partition coefficient (Wildman–Crippen LogP) is 2.81. The standard InChI is InChI=1S/C16H22N2S/c1-2-9-18-10-6-13(7-11-18)17-15-4-3-5-16-14(15)8-12-19-16/h1,8,12-13,15,17H,3-7,9-11H2. The zero-order valence-electron chi connectivity index (χ0n) is 11.4. The highest BCUT2D eigenvalue weighted by molar-refractivity contribution is 7.10. The molecule has 1 atom stereocenters. The normalized spacial score (nSPS) is 24.9. The van der Waals surface area contributed by atoms with Gasteiger partial charge >= 0.3 is 0 Å². The Hall–Kier alpha value is -0.820. The fraction of sp³-hybridized carbons (Fsp3) is 0.625. The van der Waals surface area contributed by atoms with Crippen LogP contribution in [0.4, 0.5) is 0 Å². The summed E-state index contributed by atoms with van der Waals surface area (Å²) in [6.07, 6.45) is 11.8. The van der Waals surface area contributed by atoms with Crippen molar-refractivity contribution in [1.29, 1.82) is 0 Å². The summed E-state index contributed by atoms with van der Waals surface area (Å²) in [7, 11) is 0. The number of hydrogen-bond donors (Lipinski definition) is 1. The summed E-state index contributed by atoms with van der Waals surface area (Å²) in [5.41, 5.74) is 1.57. The van der Waals surface area contributed by atoms with Crippen LogP contribution in [0.15, 0.2) is 11.4 Å². The number of terminal acetylenes is 1. The van der Waals surface area contributed by atoms with Crippen LogP contribution in [0.25, 0.3) is 0 Å². The number of nitrogens with zero attached hydrogens (tertiary/aromatic N) is 1. The molecular weight excluding hydrogens is 252 g/mol. The molecule has 0 spiro atoms. The zero-order chi connectivity index (χ0) is 13.1. The number of fused-ring (bicyclic) bond motifs is 1. The maximum atomic E-state index is 5.38. The minimum Gasteiger partial charge on any atom is -0.307 e. The van der Waals surface area contributed by atoms with Crippen LogP contribution >= 0.6 is 11.3 Å². The molecule has 0 saturated carbocycles. The van der Waals surface area contributed by atoms with Gasteiger partial charge in [0.25, 0.3) is 0 Å². The highest BCUT2D eigenvalue weighted by atomic mass is 32.1. The van der Waals surface area contributed by atoms with Gasteiger partial charge in [-0.25, -0.2) is 0 Å². The number of aryl methyl sites for hydroxylation is 1. The molecule has 1 aromatic heterocycles. The van der Waals surface area contributed by atoms with Gasteiger partial charge < -0.3 is 5.32 Å². The van der Waals surface area contributed by atoms with E-state index in [1.54, 1.807) is 10.4 Å². The molecule has 1 aromatic rings. The number of likely N-dealkylation sites (tertiary alicyclic amines) is 1. The second-order valence-corrected chi connectivity index (χ2v) is 6.67. The summed E-state index contributed by atoms with van der Waals surface area (Å²) in [4.78, 5) is 3.99. The second-order valence-electron chi connectivity index (χ2n) is 5.67. The van der Waals surface area contributed by atoms with Crippen LogP contribution in [-0.4, -0.2) is 30.6 Å². The van der Waals surface area contributed by atoms with E-state index >= 15 is 0 Å². The van der Waals surface area contributed by atoms with Crippen molar-refractivity contribution in [2.75, 3.05) is 19.6 Å². The smallest absolute Gasteiger partial charge is 0.0598 e. The molecule has 19 heavy (non-hydrogen) atoms. The van der Waals surface area contributed by atoms with E-state index in [2.05, 4.69) is 27.6 Å². The Morgan fingerprint density at radius 2 is 2.21 bits per heavy atom. The number of piperidine rings is 1. The average Bonchev–Trinajstić information content (AvgIpc) is 2.91. The van der Waals surface area contributed by atoms with E-state index in [1.807, 2.05) is 11.3 Å². The lowest BCUT2D eigenvalue weighted by Gasteiger charge is -2.35. The Labute approximate surface area is 120 Å². The highest BCUT2D eigenvalue weighted by Gasteiger charge is 2.25. The number of nitrogens with one attached hydrogen (secondary N) is 1. The van der Waals surface area contributed by atoms with Gasteiger partial charge in [-0.1, -0.05) is 5.92 Å². The Morgan fingerprint density at radius 3 is 3.00 bits per heavy atom. The minimum atomic E-state index is 0.596. The molecule has 3 rings (SSSR count). The van der Waals surface area contributed by atoms with E-state index in [1.165, 1.54) is 32.1 Å². The maximum Gasteiger partial charge on any atom is 0.0598 e. The summed E-state index contributed by atoms with van der Waals surface area (Å²) in [6, 6.07) is 3.59. The molecule has 0 aromatic carbocycles. The molecule has 1 saturated heterocycles. The third kappa shape index (κ3) is 3.02. The number of hydrogen-bond acceptors (Lipinski definition) is 3. The summed E-state index contributed by atoms with van der Waals surface area (Å²) in [5.74, 6) is 2.75.